The van der Waals surface area contributed by atoms with E-state index in [2.05, 4.69) is 20.3 Å². The number of carbonyl (C=O) groups is 1. The minimum Gasteiger partial charge on any atom is -0.396 e. The molecule has 18 N–H and O–H groups in total. The number of hydrogen-bond donors (Lipinski definition) is 18. The van der Waals surface area contributed by atoms with Crippen molar-refractivity contribution in [1.29, 1.82) is 0 Å². The Balaban J connectivity index is 1.09. The summed E-state index contributed by atoms with van der Waals surface area (Å²) in [5.74, 6) is -3.37. The van der Waals surface area contributed by atoms with Crippen molar-refractivity contribution in [2.24, 2.45) is 23.2 Å². The van der Waals surface area contributed by atoms with Crippen LogP contribution in [0.25, 0.3) is 11.2 Å². The third kappa shape index (κ3) is 32.3. The average Bonchev–Trinajstić information content (AvgIpc) is 1.63. The van der Waals surface area contributed by atoms with Crippen LogP contribution >= 0.6 is 47.1 Å². The fraction of sp³-hybridized carbons (Fsp3) is 0.895. The number of ether oxygens (including phenoxy) is 12. The first-order chi connectivity index (χ1) is 53.6. The van der Waals surface area contributed by atoms with Gasteiger partial charge in [0.15, 0.2) is 51.7 Å². The summed E-state index contributed by atoms with van der Waals surface area (Å²) in [6.45, 7) is -8.88. The van der Waals surface area contributed by atoms with Crippen molar-refractivity contribution in [3.63, 3.8) is 0 Å². The van der Waals surface area contributed by atoms with Crippen molar-refractivity contribution in [3.05, 3.63) is 18.3 Å². The second kappa shape index (κ2) is 47.6. The zero-order valence-corrected chi connectivity index (χ0v) is 68.0. The number of rotatable bonds is 56. The molecule has 0 aliphatic carbocycles. The molecule has 0 aromatic carbocycles. The number of aliphatic hydroxyl groups is 10. The lowest BCUT2D eigenvalue weighted by Gasteiger charge is -2.42. The molecule has 25 atom stereocenters. The Labute approximate surface area is 652 Å². The largest absolute Gasteiger partial charge is 0.572 e. The number of imidazole rings is 1. The third-order valence-corrected chi connectivity index (χ3v) is 23.9. The van der Waals surface area contributed by atoms with E-state index in [9.17, 15) is 113 Å². The van der Waals surface area contributed by atoms with Crippen molar-refractivity contribution in [2.75, 3.05) is 153 Å². The van der Waals surface area contributed by atoms with Gasteiger partial charge in [0.05, 0.1) is 154 Å². The normalized spacial score (nSPS) is 30.6. The van der Waals surface area contributed by atoms with Gasteiger partial charge >= 0.3 is 47.1 Å². The Hall–Kier alpha value is -2.00. The number of phosphoric acid groups is 4. The second-order valence-corrected chi connectivity index (χ2v) is 36.1. The second-order valence-electron chi connectivity index (χ2n) is 26.4. The number of aromatic nitrogens is 4. The first-order valence-corrected chi connectivity index (χ1v) is 44.2. The van der Waals surface area contributed by atoms with Gasteiger partial charge in [-0.1, -0.05) is 27.7 Å². The minimum atomic E-state index is -5.18. The van der Waals surface area contributed by atoms with Crippen LogP contribution in [0.15, 0.2) is 12.7 Å². The molecule has 57 heteroatoms. The van der Waals surface area contributed by atoms with E-state index in [1.54, 1.807) is 6.92 Å². The van der Waals surface area contributed by atoms with Crippen LogP contribution in [0.2, 0.25) is 0 Å². The molecule has 4 saturated heterocycles. The average molecular weight is 1780 g/mol. The third-order valence-electron chi connectivity index (χ3n) is 17.3. The summed E-state index contributed by atoms with van der Waals surface area (Å²) in [5, 5.41) is 103. The van der Waals surface area contributed by atoms with Crippen molar-refractivity contribution in [3.8, 4) is 0 Å². The van der Waals surface area contributed by atoms with Gasteiger partial charge in [0.1, 0.15) is 85.7 Å². The van der Waals surface area contributed by atoms with Crippen LogP contribution in [0, 0.1) is 30.1 Å². The summed E-state index contributed by atoms with van der Waals surface area (Å²) in [4.78, 5) is 99.6. The summed E-state index contributed by atoms with van der Waals surface area (Å²) in [7, 11) is -29.6. The molecule has 2 aromatic heterocycles. The molecule has 0 spiro atoms. The molecule has 6 heterocycles. The molecule has 0 radical (unpaired) electrons. The fourth-order valence-electron chi connectivity index (χ4n) is 10.9. The number of aryl methyl sites for hydroxylation is 1. The van der Waals surface area contributed by atoms with Crippen molar-refractivity contribution in [2.45, 2.75) is 152 Å². The summed E-state index contributed by atoms with van der Waals surface area (Å²) in [6.07, 6.45) is -17.8. The number of nitrogens with zero attached hydrogens (tertiary/aromatic N) is 4. The van der Waals surface area contributed by atoms with Crippen LogP contribution < -0.4 is 5.32 Å². The van der Waals surface area contributed by atoms with E-state index in [0.29, 0.717) is 16.9 Å². The lowest BCUT2D eigenvalue weighted by molar-refractivity contribution is -0.283. The molecular formula is C57H106N5O46P6+. The van der Waals surface area contributed by atoms with E-state index < -0.39 is 333 Å². The van der Waals surface area contributed by atoms with E-state index in [0.717, 1.165) is 6.92 Å². The van der Waals surface area contributed by atoms with Gasteiger partial charge in [0.25, 0.3) is 0 Å². The van der Waals surface area contributed by atoms with Gasteiger partial charge in [0, 0.05) is 31.1 Å². The number of nitrogens with one attached hydrogen (secondary N) is 1. The van der Waals surface area contributed by atoms with Crippen molar-refractivity contribution in [1.82, 2.24) is 24.8 Å². The maximum Gasteiger partial charge on any atom is 0.572 e. The molecule has 4 aliphatic heterocycles. The van der Waals surface area contributed by atoms with Crippen LogP contribution in [0.5, 0.6) is 0 Å². The fourth-order valence-corrected chi connectivity index (χ4v) is 14.9. The van der Waals surface area contributed by atoms with Gasteiger partial charge in [0.2, 0.25) is 5.91 Å². The highest BCUT2D eigenvalue weighted by Crippen LogP contribution is 2.55. The smallest absolute Gasteiger partial charge is 0.396 e. The molecule has 4 aliphatic rings. The van der Waals surface area contributed by atoms with E-state index >= 15 is 0 Å². The number of aliphatic hydroxyl groups excluding tert-OH is 10. The molecule has 2 aromatic rings. The van der Waals surface area contributed by atoms with Crippen LogP contribution in [0.3, 0.4) is 0 Å². The summed E-state index contributed by atoms with van der Waals surface area (Å²) < 4.78 is 189. The summed E-state index contributed by atoms with van der Waals surface area (Å²) in [5.41, 5.74) is -1.57. The minimum absolute atomic E-state index is 0.144. The first-order valence-electron chi connectivity index (χ1n) is 35.0. The van der Waals surface area contributed by atoms with Crippen LogP contribution in [0.4, 0.5) is 0 Å². The van der Waals surface area contributed by atoms with E-state index in [-0.39, 0.29) is 6.42 Å². The molecule has 0 saturated carbocycles. The quantitative estimate of drug-likeness (QED) is 0.0172. The Morgan fingerprint density at radius 1 is 0.561 bits per heavy atom. The van der Waals surface area contributed by atoms with Gasteiger partial charge in [-0.3, -0.25) is 50.1 Å². The molecule has 51 nitrogen and oxygen atoms in total. The summed E-state index contributed by atoms with van der Waals surface area (Å²) in [6, 6.07) is -1.40. The van der Waals surface area contributed by atoms with Gasteiger partial charge in [-0.05, 0) is 6.92 Å². The molecular weight excluding hydrogens is 1680 g/mol. The molecule has 114 heavy (non-hydrogen) atoms. The lowest BCUT2D eigenvalue weighted by Crippen LogP contribution is -2.64. The number of carbonyl (C=O) groups excluding carboxylic acids is 1. The zero-order chi connectivity index (χ0) is 84.4. The molecule has 6 rings (SSSR count). The number of phosphoric ester groups is 4. The van der Waals surface area contributed by atoms with E-state index in [4.69, 9.17) is 107 Å². The zero-order valence-electron chi connectivity index (χ0n) is 62.6. The molecule has 1 amide bonds. The number of fused-ring (bicyclic) bond motifs is 1. The van der Waals surface area contributed by atoms with Crippen LogP contribution in [-0.4, -0.2) is 361 Å². The SMILES string of the molecule is CC(=O)NC1[C@H](OCCOP(=O)(O)OCOCC(COCCOP(=O)(O)OCCO[C@@H]2OC(CO)[C@H](O)[C@H](O)C2C)(COCOP(=O)(O)OCCO[C@@H]2OC(CO)[C@H](O)[C@H](O)C2C)CO[P+](O)(O)OCOCC(CO)COCOP(=O)(O)O[C@H]2C[C@H](n3cnc4c(C)ncnc43)O[C@@H]2COP(=O)(O)C(C)C)OC(CO)[C@H](O)[C@@H]1O. The van der Waals surface area contributed by atoms with Crippen molar-refractivity contribution < 1.29 is 220 Å². The predicted octanol–water partition coefficient (Wildman–Crippen LogP) is -3.72. The molecule has 13 unspecified atom stereocenters. The topological polar surface area (TPSA) is 714 Å². The standard InChI is InChI=1S/C57H105N5O46P6/c1-33(2)109(74,75)98-22-43-39(15-44(104-43)62-28-60-45-36(5)58-27-59-53(45)62)108-114(84,85)103-30-88-21-38(16-63)20-87-29-100-113(82,83)99-26-57(24-89-31-101-111(78,79)96-13-9-92-55-35(4)48(69)50(71)41(18-65)106-55,23-86-7-11-94-110(76,77)95-12-8-91-54-34(3)47(68)49(70)40(17-64)105-54)25-90-32-102-112(80,81)97-14-10-93-56-46(61-37(6)67)52(73)51(72)42(19-66)107-56/h27-28,33-35,38-44,46-52,54-56,63-66,68-73,82-83H,7-26,29-32H2,1-6H3,(H5-,61,67,74,75,76,77,78,79,80,81,84,85)/p+1/t34?,35?,38?,39-,40?,41?,42?,43+,44+,46?,47+,48+,49-,50-,51-,52+,54+,55+,56+,57?/m0/s1. The Kier molecular flexibility index (Phi) is 42.1. The van der Waals surface area contributed by atoms with Crippen LogP contribution in [0.1, 0.15) is 53.0 Å². The van der Waals surface area contributed by atoms with Gasteiger partial charge < -0.3 is 142 Å². The van der Waals surface area contributed by atoms with Gasteiger partial charge in [-0.25, -0.2) is 33.2 Å². The summed E-state index contributed by atoms with van der Waals surface area (Å²) >= 11 is 0. The maximum absolute atomic E-state index is 13.3. The Bertz CT molecular complexity index is 3420. The number of amides is 1. The number of hydrogen-bond acceptors (Lipinski definition) is 44. The first kappa shape index (κ1) is 101. The van der Waals surface area contributed by atoms with Gasteiger partial charge in [-0.2, -0.15) is 14.3 Å². The van der Waals surface area contributed by atoms with Crippen molar-refractivity contribution >= 4 is 64.1 Å². The highest BCUT2D eigenvalue weighted by atomic mass is 31.2. The molecule has 4 fully saturated rings. The van der Waals surface area contributed by atoms with Crippen LogP contribution in [-0.2, 0) is 134 Å². The predicted molar refractivity (Wildman–Crippen MR) is 373 cm³/mol. The monoisotopic (exact) mass is 1780 g/mol. The van der Waals surface area contributed by atoms with E-state index in [1.165, 1.54) is 44.9 Å². The molecule has 0 bridgehead atoms. The highest BCUT2D eigenvalue weighted by Gasteiger charge is 2.50. The Morgan fingerprint density at radius 2 is 1.03 bits per heavy atom. The molecule has 664 valence electrons. The lowest BCUT2D eigenvalue weighted by atomic mass is 9.92. The van der Waals surface area contributed by atoms with E-state index in [1.807, 2.05) is 0 Å². The van der Waals surface area contributed by atoms with Gasteiger partial charge in [-0.15, -0.1) is 4.52 Å². The maximum atomic E-state index is 13.3. The Morgan fingerprint density at radius 3 is 1.54 bits per heavy atom. The highest BCUT2D eigenvalue weighted by molar-refractivity contribution is 7.54.